The maximum Gasteiger partial charge on any atom is 0.350 e. The van der Waals surface area contributed by atoms with Crippen LogP contribution in [0.15, 0.2) is 30.0 Å². The zero-order valence-electron chi connectivity index (χ0n) is 14.5. The molecule has 0 radical (unpaired) electrons. The number of carbonyl (C=O) groups is 2. The van der Waals surface area contributed by atoms with Crippen LogP contribution in [0.5, 0.6) is 5.75 Å². The van der Waals surface area contributed by atoms with Gasteiger partial charge in [0.15, 0.2) is 17.1 Å². The summed E-state index contributed by atoms with van der Waals surface area (Å²) in [7, 11) is 0. The number of rotatable bonds is 4. The zero-order chi connectivity index (χ0) is 18.7. The Labute approximate surface area is 150 Å². The third-order valence-corrected chi connectivity index (χ3v) is 3.89. The quantitative estimate of drug-likeness (QED) is 0.499. The number of carbonyl (C=O) groups excluding carboxylic acids is 2. The molecular weight excluding hydrogens is 345 g/mol. The lowest BCUT2D eigenvalue weighted by atomic mass is 10.1. The molecule has 1 aromatic rings. The second kappa shape index (κ2) is 7.33. The predicted octanol–water partition coefficient (Wildman–Crippen LogP) is 2.52. The first-order chi connectivity index (χ1) is 12.3. The first-order valence-electron chi connectivity index (χ1n) is 8.31. The van der Waals surface area contributed by atoms with Gasteiger partial charge in [0, 0.05) is 44.6 Å². The van der Waals surface area contributed by atoms with E-state index in [1.54, 1.807) is 6.07 Å². The Balaban J connectivity index is 1.66. The molecule has 3 rings (SSSR count). The largest absolute Gasteiger partial charge is 0.487 e. The maximum absolute atomic E-state index is 14.2. The molecular formula is C18H20FNO6. The second-order valence-electron chi connectivity index (χ2n) is 6.46. The molecule has 140 valence electrons. The minimum Gasteiger partial charge on any atom is -0.487 e. The minimum atomic E-state index is -1.30. The van der Waals surface area contributed by atoms with Crippen molar-refractivity contribution < 1.29 is 32.9 Å². The molecule has 1 aromatic carbocycles. The van der Waals surface area contributed by atoms with Crippen LogP contribution < -0.4 is 10.1 Å². The fraction of sp³-hybridized carbons (Fsp3) is 0.444. The molecule has 7 nitrogen and oxygen atoms in total. The highest BCUT2D eigenvalue weighted by Gasteiger charge is 2.38. The Bertz CT molecular complexity index is 717. The second-order valence-corrected chi connectivity index (χ2v) is 6.46. The highest BCUT2D eigenvalue weighted by molar-refractivity contribution is 6.15. The molecule has 0 atom stereocenters. The number of nitrogens with one attached hydrogen (secondary N) is 1. The normalized spacial score (nSPS) is 20.2. The fourth-order valence-corrected chi connectivity index (χ4v) is 2.59. The minimum absolute atomic E-state index is 0.0747. The van der Waals surface area contributed by atoms with E-state index in [-0.39, 0.29) is 17.4 Å². The molecule has 8 heteroatoms. The summed E-state index contributed by atoms with van der Waals surface area (Å²) in [5, 5.41) is 2.69. The lowest BCUT2D eigenvalue weighted by Crippen LogP contribution is -2.42. The number of anilines is 1. The summed E-state index contributed by atoms with van der Waals surface area (Å²) < 4.78 is 35.1. The third-order valence-electron chi connectivity index (χ3n) is 3.89. The van der Waals surface area contributed by atoms with Gasteiger partial charge in [-0.3, -0.25) is 0 Å². The van der Waals surface area contributed by atoms with Crippen molar-refractivity contribution in [2.75, 3.05) is 18.5 Å². The summed E-state index contributed by atoms with van der Waals surface area (Å²) in [6, 6.07) is 4.29. The zero-order valence-corrected chi connectivity index (χ0v) is 14.5. The van der Waals surface area contributed by atoms with Crippen LogP contribution in [-0.4, -0.2) is 37.0 Å². The highest BCUT2D eigenvalue weighted by atomic mass is 19.1. The van der Waals surface area contributed by atoms with E-state index in [1.807, 2.05) is 0 Å². The first kappa shape index (κ1) is 18.2. The number of esters is 2. The molecule has 1 N–H and O–H groups in total. The summed E-state index contributed by atoms with van der Waals surface area (Å²) in [4.78, 5) is 23.7. The first-order valence-corrected chi connectivity index (χ1v) is 8.31. The molecule has 0 bridgehead atoms. The van der Waals surface area contributed by atoms with Gasteiger partial charge >= 0.3 is 11.9 Å². The van der Waals surface area contributed by atoms with Crippen LogP contribution in [0.2, 0.25) is 0 Å². The average Bonchev–Trinajstić information content (AvgIpc) is 2.56. The van der Waals surface area contributed by atoms with Crippen molar-refractivity contribution in [3.8, 4) is 5.75 Å². The van der Waals surface area contributed by atoms with Crippen LogP contribution in [0, 0.1) is 5.82 Å². The molecule has 0 aromatic heterocycles. The van der Waals surface area contributed by atoms with Crippen LogP contribution in [0.1, 0.15) is 26.7 Å². The van der Waals surface area contributed by atoms with Crippen molar-refractivity contribution in [2.45, 2.75) is 38.6 Å². The topological polar surface area (TPSA) is 83.1 Å². The van der Waals surface area contributed by atoms with Gasteiger partial charge in [-0.2, -0.15) is 0 Å². The van der Waals surface area contributed by atoms with Gasteiger partial charge in [-0.05, 0) is 12.1 Å². The van der Waals surface area contributed by atoms with E-state index < -0.39 is 23.5 Å². The Morgan fingerprint density at radius 2 is 1.85 bits per heavy atom. The maximum atomic E-state index is 14.2. The lowest BCUT2D eigenvalue weighted by Gasteiger charge is -2.29. The van der Waals surface area contributed by atoms with E-state index in [2.05, 4.69) is 5.32 Å². The van der Waals surface area contributed by atoms with Crippen LogP contribution in [-0.2, 0) is 23.8 Å². The third kappa shape index (κ3) is 4.32. The van der Waals surface area contributed by atoms with E-state index in [1.165, 1.54) is 26.0 Å². The van der Waals surface area contributed by atoms with Gasteiger partial charge < -0.3 is 24.3 Å². The van der Waals surface area contributed by atoms with E-state index in [9.17, 15) is 14.0 Å². The molecule has 2 fully saturated rings. The monoisotopic (exact) mass is 365 g/mol. The Morgan fingerprint density at radius 1 is 1.19 bits per heavy atom. The van der Waals surface area contributed by atoms with Crippen molar-refractivity contribution in [3.05, 3.63) is 35.8 Å². The van der Waals surface area contributed by atoms with Gasteiger partial charge in [0.1, 0.15) is 6.10 Å². The van der Waals surface area contributed by atoms with E-state index >= 15 is 0 Å². The van der Waals surface area contributed by atoms with Crippen molar-refractivity contribution in [3.63, 3.8) is 0 Å². The van der Waals surface area contributed by atoms with Gasteiger partial charge in [0.05, 0.1) is 13.2 Å². The molecule has 0 unspecified atom stereocenters. The summed E-state index contributed by atoms with van der Waals surface area (Å²) in [6.45, 7) is 4.12. The van der Waals surface area contributed by atoms with Gasteiger partial charge in [0.25, 0.3) is 5.79 Å². The van der Waals surface area contributed by atoms with Crippen molar-refractivity contribution >= 4 is 17.6 Å². The van der Waals surface area contributed by atoms with Gasteiger partial charge in [-0.15, -0.1) is 0 Å². The van der Waals surface area contributed by atoms with Crippen LogP contribution in [0.25, 0.3) is 0 Å². The number of halogens is 1. The van der Waals surface area contributed by atoms with Gasteiger partial charge in [0.2, 0.25) is 0 Å². The van der Waals surface area contributed by atoms with Crippen LogP contribution in [0.3, 0.4) is 0 Å². The molecule has 0 spiro atoms. The average molecular weight is 365 g/mol. The molecule has 0 aliphatic carbocycles. The predicted molar refractivity (Wildman–Crippen MR) is 88.8 cm³/mol. The molecule has 0 saturated carbocycles. The molecule has 2 heterocycles. The SMILES string of the molecule is CC1(C)OC(=O)C(=CNc2ccc(OC3CCOCC3)c(F)c2)C(=O)O1. The fourth-order valence-electron chi connectivity index (χ4n) is 2.59. The summed E-state index contributed by atoms with van der Waals surface area (Å²) in [5.74, 6) is -3.32. The Hall–Kier alpha value is -2.61. The highest BCUT2D eigenvalue weighted by Crippen LogP contribution is 2.26. The summed E-state index contributed by atoms with van der Waals surface area (Å²) in [6.07, 6.45) is 2.49. The van der Waals surface area contributed by atoms with E-state index in [0.717, 1.165) is 6.20 Å². The van der Waals surface area contributed by atoms with E-state index in [0.29, 0.717) is 31.7 Å². The van der Waals surface area contributed by atoms with E-state index in [4.69, 9.17) is 18.9 Å². The van der Waals surface area contributed by atoms with Crippen molar-refractivity contribution in [1.29, 1.82) is 0 Å². The molecule has 26 heavy (non-hydrogen) atoms. The molecule has 2 aliphatic heterocycles. The molecule has 0 amide bonds. The smallest absolute Gasteiger partial charge is 0.350 e. The number of hydrogen-bond acceptors (Lipinski definition) is 7. The van der Waals surface area contributed by atoms with Crippen molar-refractivity contribution in [1.82, 2.24) is 0 Å². The number of cyclic esters (lactones) is 2. The Morgan fingerprint density at radius 3 is 2.46 bits per heavy atom. The number of ether oxygens (including phenoxy) is 4. The Kier molecular flexibility index (Phi) is 5.13. The standard InChI is InChI=1S/C18H20FNO6/c1-18(2)25-16(21)13(17(22)26-18)10-20-11-3-4-15(14(19)9-11)24-12-5-7-23-8-6-12/h3-4,9-10,12,20H,5-8H2,1-2H3. The summed E-state index contributed by atoms with van der Waals surface area (Å²) in [5.41, 5.74) is 0.0482. The van der Waals surface area contributed by atoms with Gasteiger partial charge in [-0.1, -0.05) is 0 Å². The van der Waals surface area contributed by atoms with Crippen LogP contribution >= 0.6 is 0 Å². The molecule has 2 aliphatic rings. The van der Waals surface area contributed by atoms with Gasteiger partial charge in [-0.25, -0.2) is 14.0 Å². The van der Waals surface area contributed by atoms with Crippen LogP contribution in [0.4, 0.5) is 10.1 Å². The number of benzene rings is 1. The molecule has 2 saturated heterocycles. The van der Waals surface area contributed by atoms with Crippen molar-refractivity contribution in [2.24, 2.45) is 0 Å². The lowest BCUT2D eigenvalue weighted by molar-refractivity contribution is -0.222. The summed E-state index contributed by atoms with van der Waals surface area (Å²) >= 11 is 0. The number of hydrogen-bond donors (Lipinski definition) is 1.